The lowest BCUT2D eigenvalue weighted by Gasteiger charge is -2.19. The molecule has 4 nitrogen and oxygen atoms in total. The minimum absolute atomic E-state index is 0.107. The maximum Gasteiger partial charge on any atom is 0.221 e. The van der Waals surface area contributed by atoms with E-state index in [4.69, 9.17) is 5.11 Å². The molecule has 15 heavy (non-hydrogen) atoms. The number of rotatable bonds is 9. The van der Waals surface area contributed by atoms with E-state index in [1.165, 1.54) is 0 Å². The van der Waals surface area contributed by atoms with E-state index in [0.717, 1.165) is 32.5 Å². The number of hydrogen-bond donors (Lipinski definition) is 2. The van der Waals surface area contributed by atoms with Gasteiger partial charge in [-0.15, -0.1) is 0 Å². The predicted octanol–water partition coefficient (Wildman–Crippen LogP) is 0.607. The normalized spacial score (nSPS) is 10.7. The van der Waals surface area contributed by atoms with Crippen LogP contribution in [-0.2, 0) is 4.79 Å². The van der Waals surface area contributed by atoms with E-state index in [1.807, 2.05) is 6.92 Å². The van der Waals surface area contributed by atoms with Crippen molar-refractivity contribution in [2.24, 2.45) is 0 Å². The van der Waals surface area contributed by atoms with Gasteiger partial charge in [0.15, 0.2) is 0 Å². The summed E-state index contributed by atoms with van der Waals surface area (Å²) < 4.78 is 0. The lowest BCUT2D eigenvalue weighted by atomic mass is 10.3. The Morgan fingerprint density at radius 2 is 1.93 bits per heavy atom. The Labute approximate surface area is 92.7 Å². The number of nitrogens with zero attached hydrogens (tertiary/aromatic N) is 1. The van der Waals surface area contributed by atoms with Crippen molar-refractivity contribution in [3.8, 4) is 0 Å². The molecule has 0 atom stereocenters. The minimum Gasteiger partial charge on any atom is -0.395 e. The van der Waals surface area contributed by atoms with Crippen LogP contribution in [0.5, 0.6) is 0 Å². The number of aliphatic hydroxyl groups excluding tert-OH is 1. The van der Waals surface area contributed by atoms with Crippen molar-refractivity contribution in [3.63, 3.8) is 0 Å². The average molecular weight is 216 g/mol. The van der Waals surface area contributed by atoms with Crippen LogP contribution in [0.25, 0.3) is 0 Å². The molecular formula is C11H24N2O2. The Morgan fingerprint density at radius 1 is 1.20 bits per heavy atom. The van der Waals surface area contributed by atoms with E-state index in [-0.39, 0.29) is 12.5 Å². The molecule has 90 valence electrons. The number of amides is 1. The molecule has 4 heteroatoms. The number of nitrogens with one attached hydrogen (secondary N) is 1. The summed E-state index contributed by atoms with van der Waals surface area (Å²) >= 11 is 0. The monoisotopic (exact) mass is 216 g/mol. The van der Waals surface area contributed by atoms with Crippen LogP contribution in [0, 0.1) is 0 Å². The van der Waals surface area contributed by atoms with Gasteiger partial charge in [0.05, 0.1) is 6.61 Å². The number of aliphatic hydroxyl groups is 1. The molecule has 1 amide bonds. The highest BCUT2D eigenvalue weighted by Crippen LogP contribution is 1.93. The van der Waals surface area contributed by atoms with Gasteiger partial charge in [-0.2, -0.15) is 0 Å². The molecule has 0 bridgehead atoms. The first-order valence-corrected chi connectivity index (χ1v) is 5.84. The molecule has 0 radical (unpaired) electrons. The fourth-order valence-corrected chi connectivity index (χ4v) is 1.41. The van der Waals surface area contributed by atoms with Crippen LogP contribution in [0.3, 0.4) is 0 Å². The molecule has 0 spiro atoms. The number of hydrogen-bond acceptors (Lipinski definition) is 3. The van der Waals surface area contributed by atoms with Gasteiger partial charge in [0, 0.05) is 26.1 Å². The Morgan fingerprint density at radius 3 is 2.47 bits per heavy atom. The molecular weight excluding hydrogens is 192 g/mol. The molecule has 0 aromatic carbocycles. The van der Waals surface area contributed by atoms with Gasteiger partial charge in [-0.05, 0) is 19.4 Å². The average Bonchev–Trinajstić information content (AvgIpc) is 2.23. The molecule has 0 aliphatic rings. The minimum atomic E-state index is 0.107. The van der Waals surface area contributed by atoms with E-state index in [2.05, 4.69) is 17.1 Å². The summed E-state index contributed by atoms with van der Waals surface area (Å²) in [4.78, 5) is 13.4. The summed E-state index contributed by atoms with van der Waals surface area (Å²) in [5.41, 5.74) is 0. The topological polar surface area (TPSA) is 52.6 Å². The molecule has 0 aromatic rings. The Balaban J connectivity index is 3.62. The third-order valence-electron chi connectivity index (χ3n) is 2.18. The summed E-state index contributed by atoms with van der Waals surface area (Å²) in [6.07, 6.45) is 2.55. The van der Waals surface area contributed by atoms with Gasteiger partial charge in [-0.3, -0.25) is 4.79 Å². The second-order valence-corrected chi connectivity index (χ2v) is 3.67. The van der Waals surface area contributed by atoms with Gasteiger partial charge < -0.3 is 15.3 Å². The van der Waals surface area contributed by atoms with Crippen molar-refractivity contribution in [1.29, 1.82) is 0 Å². The smallest absolute Gasteiger partial charge is 0.221 e. The van der Waals surface area contributed by atoms with Crippen LogP contribution >= 0.6 is 0 Å². The van der Waals surface area contributed by atoms with Crippen LogP contribution < -0.4 is 5.32 Å². The molecule has 0 aliphatic heterocycles. The molecule has 0 fully saturated rings. The highest BCUT2D eigenvalue weighted by Gasteiger charge is 2.06. The standard InChI is InChI=1S/C11H24N2O2/c1-3-6-12-11(15)5-8-13(7-4-2)9-10-14/h14H,3-10H2,1-2H3,(H,12,15). The van der Waals surface area contributed by atoms with Gasteiger partial charge in [0.2, 0.25) is 5.91 Å². The summed E-state index contributed by atoms with van der Waals surface area (Å²) in [5, 5.41) is 11.7. The molecule has 0 rings (SSSR count). The van der Waals surface area contributed by atoms with Gasteiger partial charge in [-0.1, -0.05) is 13.8 Å². The van der Waals surface area contributed by atoms with E-state index in [0.29, 0.717) is 13.0 Å². The Hall–Kier alpha value is -0.610. The highest BCUT2D eigenvalue weighted by atomic mass is 16.3. The third kappa shape index (κ3) is 8.39. The van der Waals surface area contributed by atoms with E-state index in [1.54, 1.807) is 0 Å². The van der Waals surface area contributed by atoms with Crippen molar-refractivity contribution >= 4 is 5.91 Å². The Kier molecular flexibility index (Phi) is 9.52. The lowest BCUT2D eigenvalue weighted by molar-refractivity contribution is -0.121. The summed E-state index contributed by atoms with van der Waals surface area (Å²) in [7, 11) is 0. The van der Waals surface area contributed by atoms with Crippen molar-refractivity contribution in [3.05, 3.63) is 0 Å². The first kappa shape index (κ1) is 14.4. The maximum absolute atomic E-state index is 11.3. The second kappa shape index (κ2) is 9.93. The van der Waals surface area contributed by atoms with E-state index in [9.17, 15) is 4.79 Å². The van der Waals surface area contributed by atoms with Gasteiger partial charge >= 0.3 is 0 Å². The van der Waals surface area contributed by atoms with Crippen LogP contribution in [-0.4, -0.2) is 48.7 Å². The van der Waals surface area contributed by atoms with E-state index >= 15 is 0 Å². The maximum atomic E-state index is 11.3. The van der Waals surface area contributed by atoms with Crippen molar-refractivity contribution < 1.29 is 9.90 Å². The molecule has 0 aromatic heterocycles. The zero-order valence-corrected chi connectivity index (χ0v) is 9.96. The molecule has 0 heterocycles. The predicted molar refractivity (Wildman–Crippen MR) is 61.7 cm³/mol. The zero-order chi connectivity index (χ0) is 11.5. The fraction of sp³-hybridized carbons (Fsp3) is 0.909. The van der Waals surface area contributed by atoms with Crippen molar-refractivity contribution in [2.75, 3.05) is 32.8 Å². The highest BCUT2D eigenvalue weighted by molar-refractivity contribution is 5.75. The second-order valence-electron chi connectivity index (χ2n) is 3.67. The largest absolute Gasteiger partial charge is 0.395 e. The van der Waals surface area contributed by atoms with Crippen LogP contribution in [0.1, 0.15) is 33.1 Å². The van der Waals surface area contributed by atoms with Crippen LogP contribution in [0.4, 0.5) is 0 Å². The van der Waals surface area contributed by atoms with Gasteiger partial charge in [-0.25, -0.2) is 0 Å². The van der Waals surface area contributed by atoms with Crippen LogP contribution in [0.15, 0.2) is 0 Å². The quantitative estimate of drug-likeness (QED) is 0.593. The number of carbonyl (C=O) groups excluding carboxylic acids is 1. The summed E-state index contributed by atoms with van der Waals surface area (Å²) in [6.45, 7) is 7.40. The summed E-state index contributed by atoms with van der Waals surface area (Å²) in [6, 6.07) is 0. The van der Waals surface area contributed by atoms with Crippen molar-refractivity contribution in [2.45, 2.75) is 33.1 Å². The molecule has 0 unspecified atom stereocenters. The SMILES string of the molecule is CCCNC(=O)CCN(CCC)CCO. The molecule has 0 saturated heterocycles. The van der Waals surface area contributed by atoms with Crippen molar-refractivity contribution in [1.82, 2.24) is 10.2 Å². The molecule has 0 saturated carbocycles. The Bertz CT molecular complexity index is 157. The molecule has 2 N–H and O–H groups in total. The van der Waals surface area contributed by atoms with Gasteiger partial charge in [0.1, 0.15) is 0 Å². The summed E-state index contributed by atoms with van der Waals surface area (Å²) in [5.74, 6) is 0.107. The van der Waals surface area contributed by atoms with Crippen LogP contribution in [0.2, 0.25) is 0 Å². The van der Waals surface area contributed by atoms with Gasteiger partial charge in [0.25, 0.3) is 0 Å². The first-order chi connectivity index (χ1) is 7.24. The first-order valence-electron chi connectivity index (χ1n) is 5.84. The molecule has 0 aliphatic carbocycles. The third-order valence-corrected chi connectivity index (χ3v) is 2.18. The lowest BCUT2D eigenvalue weighted by Crippen LogP contribution is -2.33. The zero-order valence-electron chi connectivity index (χ0n) is 9.96. The fourth-order valence-electron chi connectivity index (χ4n) is 1.41. The number of carbonyl (C=O) groups is 1. The van der Waals surface area contributed by atoms with E-state index < -0.39 is 0 Å².